The van der Waals surface area contributed by atoms with Crippen molar-refractivity contribution in [1.82, 2.24) is 5.32 Å². The molecule has 0 heterocycles. The van der Waals surface area contributed by atoms with Gasteiger partial charge in [0.1, 0.15) is 5.82 Å². The fourth-order valence-corrected chi connectivity index (χ4v) is 1.84. The molecule has 2 atom stereocenters. The smallest absolute Gasteiger partial charge is 0.310 e. The van der Waals surface area contributed by atoms with Crippen LogP contribution in [0.3, 0.4) is 0 Å². The minimum absolute atomic E-state index is 0.179. The number of alkyl halides is 1. The Balaban J connectivity index is 2.67. The van der Waals surface area contributed by atoms with Gasteiger partial charge in [-0.1, -0.05) is 28.1 Å². The van der Waals surface area contributed by atoms with Crippen LogP contribution in [0.15, 0.2) is 24.3 Å². The average Bonchev–Trinajstić information content (AvgIpc) is 2.44. The van der Waals surface area contributed by atoms with E-state index in [0.29, 0.717) is 6.42 Å². The zero-order valence-electron chi connectivity index (χ0n) is 11.4. The van der Waals surface area contributed by atoms with Crippen LogP contribution in [0.5, 0.6) is 0 Å². The summed E-state index contributed by atoms with van der Waals surface area (Å²) in [6, 6.07) is 5.89. The molecule has 1 aromatic carbocycles. The largest absolute Gasteiger partial charge is 0.469 e. The maximum absolute atomic E-state index is 12.8. The van der Waals surface area contributed by atoms with Crippen LogP contribution in [-0.4, -0.2) is 30.4 Å². The molecule has 20 heavy (non-hydrogen) atoms. The van der Waals surface area contributed by atoms with Gasteiger partial charge in [-0.3, -0.25) is 9.59 Å². The normalized spacial score (nSPS) is 13.4. The number of hydrogen-bond donors (Lipinski definition) is 1. The van der Waals surface area contributed by atoms with Crippen molar-refractivity contribution < 1.29 is 18.7 Å². The zero-order valence-corrected chi connectivity index (χ0v) is 12.9. The first-order valence-electron chi connectivity index (χ1n) is 6.18. The standard InChI is InChI=1S/C14H17BrFNO3/c1-9(15)13(18)17-8-11(14(19)20-2)7-10-3-5-12(16)6-4-10/h3-6,9,11H,7-8H2,1-2H3,(H,17,18)/t9-,11+/m0/s1. The molecule has 0 aliphatic heterocycles. The summed E-state index contributed by atoms with van der Waals surface area (Å²) >= 11 is 3.15. The van der Waals surface area contributed by atoms with E-state index >= 15 is 0 Å². The minimum Gasteiger partial charge on any atom is -0.469 e. The van der Waals surface area contributed by atoms with Crippen molar-refractivity contribution in [2.24, 2.45) is 5.92 Å². The lowest BCUT2D eigenvalue weighted by molar-refractivity contribution is -0.145. The monoisotopic (exact) mass is 345 g/mol. The molecule has 1 N–H and O–H groups in total. The van der Waals surface area contributed by atoms with Crippen molar-refractivity contribution in [3.8, 4) is 0 Å². The number of rotatable bonds is 6. The topological polar surface area (TPSA) is 55.4 Å². The molecule has 0 radical (unpaired) electrons. The van der Waals surface area contributed by atoms with Gasteiger partial charge in [-0.25, -0.2) is 4.39 Å². The maximum Gasteiger partial charge on any atom is 0.310 e. The van der Waals surface area contributed by atoms with Crippen LogP contribution in [0.4, 0.5) is 4.39 Å². The van der Waals surface area contributed by atoms with E-state index < -0.39 is 11.9 Å². The van der Waals surface area contributed by atoms with Crippen molar-refractivity contribution >= 4 is 27.8 Å². The number of amides is 1. The van der Waals surface area contributed by atoms with Crippen molar-refractivity contribution in [3.63, 3.8) is 0 Å². The first kappa shape index (κ1) is 16.6. The molecule has 0 unspecified atom stereocenters. The second kappa shape index (κ2) is 7.99. The van der Waals surface area contributed by atoms with E-state index in [-0.39, 0.29) is 23.1 Å². The fourth-order valence-electron chi connectivity index (χ4n) is 1.67. The average molecular weight is 346 g/mol. The summed E-state index contributed by atoms with van der Waals surface area (Å²) < 4.78 is 17.6. The number of ether oxygens (including phenoxy) is 1. The molecule has 1 amide bonds. The van der Waals surface area contributed by atoms with Crippen LogP contribution in [0, 0.1) is 11.7 Å². The van der Waals surface area contributed by atoms with E-state index in [4.69, 9.17) is 4.74 Å². The van der Waals surface area contributed by atoms with Crippen LogP contribution >= 0.6 is 15.9 Å². The molecule has 6 heteroatoms. The number of benzene rings is 1. The van der Waals surface area contributed by atoms with Gasteiger partial charge in [0.2, 0.25) is 5.91 Å². The van der Waals surface area contributed by atoms with Crippen LogP contribution in [0.2, 0.25) is 0 Å². The Hall–Kier alpha value is -1.43. The quantitative estimate of drug-likeness (QED) is 0.634. The molecular weight excluding hydrogens is 329 g/mol. The molecule has 0 aliphatic carbocycles. The van der Waals surface area contributed by atoms with E-state index in [1.54, 1.807) is 19.1 Å². The first-order chi connectivity index (χ1) is 9.43. The van der Waals surface area contributed by atoms with Crippen molar-refractivity contribution in [2.45, 2.75) is 18.2 Å². The number of hydrogen-bond acceptors (Lipinski definition) is 3. The summed E-state index contributed by atoms with van der Waals surface area (Å²) in [5.74, 6) is -1.43. The Morgan fingerprint density at radius 3 is 2.45 bits per heavy atom. The molecular formula is C14H17BrFNO3. The molecule has 0 saturated carbocycles. The lowest BCUT2D eigenvalue weighted by Gasteiger charge is -2.16. The highest BCUT2D eigenvalue weighted by atomic mass is 79.9. The molecule has 0 fully saturated rings. The van der Waals surface area contributed by atoms with Gasteiger partial charge in [0.15, 0.2) is 0 Å². The molecule has 1 rings (SSSR count). The Morgan fingerprint density at radius 1 is 1.35 bits per heavy atom. The lowest BCUT2D eigenvalue weighted by atomic mass is 9.99. The Morgan fingerprint density at radius 2 is 1.95 bits per heavy atom. The molecule has 0 aliphatic rings. The van der Waals surface area contributed by atoms with Gasteiger partial charge < -0.3 is 10.1 Å². The second-order valence-electron chi connectivity index (χ2n) is 4.41. The second-order valence-corrected chi connectivity index (χ2v) is 5.79. The van der Waals surface area contributed by atoms with Gasteiger partial charge in [0, 0.05) is 6.54 Å². The lowest BCUT2D eigenvalue weighted by Crippen LogP contribution is -2.37. The summed E-state index contributed by atoms with van der Waals surface area (Å²) in [4.78, 5) is 22.9. The van der Waals surface area contributed by atoms with Gasteiger partial charge in [-0.15, -0.1) is 0 Å². The highest BCUT2D eigenvalue weighted by molar-refractivity contribution is 9.10. The molecule has 4 nitrogen and oxygen atoms in total. The maximum atomic E-state index is 12.8. The SMILES string of the molecule is COC(=O)[C@@H](CNC(=O)[C@H](C)Br)Cc1ccc(F)cc1. The van der Waals surface area contributed by atoms with Crippen molar-refractivity contribution in [3.05, 3.63) is 35.6 Å². The predicted octanol–water partition coefficient (Wildman–Crippen LogP) is 2.06. The highest BCUT2D eigenvalue weighted by Crippen LogP contribution is 2.11. The first-order valence-corrected chi connectivity index (χ1v) is 7.09. The molecule has 0 saturated heterocycles. The number of halogens is 2. The number of esters is 1. The van der Waals surface area contributed by atoms with Gasteiger partial charge in [0.25, 0.3) is 0 Å². The van der Waals surface area contributed by atoms with Crippen LogP contribution in [0.25, 0.3) is 0 Å². The van der Waals surface area contributed by atoms with Crippen LogP contribution in [0.1, 0.15) is 12.5 Å². The third-order valence-electron chi connectivity index (χ3n) is 2.81. The summed E-state index contributed by atoms with van der Waals surface area (Å²) in [7, 11) is 1.30. The molecule has 0 spiro atoms. The summed E-state index contributed by atoms with van der Waals surface area (Å²) in [5, 5.41) is 2.67. The Labute approximate surface area is 125 Å². The van der Waals surface area contributed by atoms with Gasteiger partial charge in [-0.2, -0.15) is 0 Å². The van der Waals surface area contributed by atoms with Crippen LogP contribution < -0.4 is 5.32 Å². The van der Waals surface area contributed by atoms with Crippen molar-refractivity contribution in [2.75, 3.05) is 13.7 Å². The van der Waals surface area contributed by atoms with E-state index in [1.165, 1.54) is 19.2 Å². The number of carbonyl (C=O) groups excluding carboxylic acids is 2. The zero-order chi connectivity index (χ0) is 15.1. The number of carbonyl (C=O) groups is 2. The molecule has 0 bridgehead atoms. The predicted molar refractivity (Wildman–Crippen MR) is 77.0 cm³/mol. The molecule has 110 valence electrons. The van der Waals surface area contributed by atoms with Crippen molar-refractivity contribution in [1.29, 1.82) is 0 Å². The Bertz CT molecular complexity index is 462. The van der Waals surface area contributed by atoms with E-state index in [2.05, 4.69) is 21.2 Å². The fraction of sp³-hybridized carbons (Fsp3) is 0.429. The molecule has 0 aromatic heterocycles. The van der Waals surface area contributed by atoms with Gasteiger partial charge in [-0.05, 0) is 31.0 Å². The van der Waals surface area contributed by atoms with E-state index in [0.717, 1.165) is 5.56 Å². The summed E-state index contributed by atoms with van der Waals surface area (Å²) in [5.41, 5.74) is 0.808. The Kier molecular flexibility index (Phi) is 6.64. The highest BCUT2D eigenvalue weighted by Gasteiger charge is 2.21. The van der Waals surface area contributed by atoms with E-state index in [1.807, 2.05) is 0 Å². The third kappa shape index (κ3) is 5.28. The van der Waals surface area contributed by atoms with Crippen LogP contribution in [-0.2, 0) is 20.7 Å². The minimum atomic E-state index is -0.499. The third-order valence-corrected chi connectivity index (χ3v) is 3.23. The summed E-state index contributed by atoms with van der Waals surface area (Å²) in [6.45, 7) is 1.88. The molecule has 1 aromatic rings. The van der Waals surface area contributed by atoms with Gasteiger partial charge in [0.05, 0.1) is 17.9 Å². The van der Waals surface area contributed by atoms with Gasteiger partial charge >= 0.3 is 5.97 Å². The number of nitrogens with one attached hydrogen (secondary N) is 1. The number of methoxy groups -OCH3 is 1. The summed E-state index contributed by atoms with van der Waals surface area (Å²) in [6.07, 6.45) is 0.379. The van der Waals surface area contributed by atoms with E-state index in [9.17, 15) is 14.0 Å².